The van der Waals surface area contributed by atoms with Crippen LogP contribution in [0.3, 0.4) is 0 Å². The third kappa shape index (κ3) is 7.69. The normalized spacial score (nSPS) is 15.8. The van der Waals surface area contributed by atoms with Crippen LogP contribution in [0, 0.1) is 11.6 Å². The number of amides is 2. The Morgan fingerprint density at radius 2 is 1.74 bits per heavy atom. The summed E-state index contributed by atoms with van der Waals surface area (Å²) in [5.41, 5.74) is 0.606. The highest BCUT2D eigenvalue weighted by atomic mass is 19.1. The Kier molecular flexibility index (Phi) is 9.36. The SMILES string of the molecule is COc1cc(OC)cc(C(=O)N(C/C(C)=C/c2ccc(F)cc2F)CC2CCCN2C(=O)OC(C)(C)C)c1. The Bertz CT molecular complexity index is 1170. The maximum absolute atomic E-state index is 14.3. The van der Waals surface area contributed by atoms with E-state index in [-0.39, 0.29) is 30.6 Å². The lowest BCUT2D eigenvalue weighted by Gasteiger charge is -2.32. The molecule has 1 aliphatic heterocycles. The van der Waals surface area contributed by atoms with Crippen LogP contribution in [0.25, 0.3) is 6.08 Å². The molecule has 1 heterocycles. The van der Waals surface area contributed by atoms with Gasteiger partial charge in [0, 0.05) is 42.9 Å². The van der Waals surface area contributed by atoms with Crippen molar-refractivity contribution in [2.75, 3.05) is 33.9 Å². The molecule has 3 rings (SSSR count). The minimum atomic E-state index is -0.688. The minimum absolute atomic E-state index is 0.161. The Balaban J connectivity index is 1.92. The molecule has 38 heavy (non-hydrogen) atoms. The van der Waals surface area contributed by atoms with Gasteiger partial charge in [-0.25, -0.2) is 13.6 Å². The number of benzene rings is 2. The van der Waals surface area contributed by atoms with Gasteiger partial charge >= 0.3 is 6.09 Å². The Morgan fingerprint density at radius 1 is 1.08 bits per heavy atom. The van der Waals surface area contributed by atoms with Crippen molar-refractivity contribution in [3.63, 3.8) is 0 Å². The first-order chi connectivity index (χ1) is 17.9. The van der Waals surface area contributed by atoms with Gasteiger partial charge in [0.05, 0.1) is 20.3 Å². The molecule has 1 aliphatic rings. The summed E-state index contributed by atoms with van der Waals surface area (Å²) in [5, 5.41) is 0. The summed E-state index contributed by atoms with van der Waals surface area (Å²) in [5.74, 6) is -0.726. The van der Waals surface area contributed by atoms with Crippen LogP contribution in [-0.2, 0) is 4.74 Å². The highest BCUT2D eigenvalue weighted by Crippen LogP contribution is 2.26. The van der Waals surface area contributed by atoms with E-state index in [1.165, 1.54) is 26.4 Å². The van der Waals surface area contributed by atoms with E-state index in [9.17, 15) is 18.4 Å². The summed E-state index contributed by atoms with van der Waals surface area (Å²) >= 11 is 0. The average molecular weight is 531 g/mol. The first-order valence-corrected chi connectivity index (χ1v) is 12.5. The number of ether oxygens (including phenoxy) is 3. The second-order valence-corrected chi connectivity index (χ2v) is 10.4. The number of halogens is 2. The van der Waals surface area contributed by atoms with Crippen molar-refractivity contribution in [3.05, 3.63) is 64.7 Å². The van der Waals surface area contributed by atoms with Crippen molar-refractivity contribution < 1.29 is 32.6 Å². The summed E-state index contributed by atoms with van der Waals surface area (Å²) in [6.45, 7) is 8.14. The van der Waals surface area contributed by atoms with Crippen LogP contribution in [0.5, 0.6) is 11.5 Å². The van der Waals surface area contributed by atoms with Crippen LogP contribution in [-0.4, -0.2) is 67.3 Å². The molecule has 1 atom stereocenters. The van der Waals surface area contributed by atoms with Crippen molar-refractivity contribution in [3.8, 4) is 11.5 Å². The molecule has 0 spiro atoms. The number of hydrogen-bond donors (Lipinski definition) is 0. The van der Waals surface area contributed by atoms with Crippen LogP contribution in [0.2, 0.25) is 0 Å². The van der Waals surface area contributed by atoms with Crippen molar-refractivity contribution in [2.24, 2.45) is 0 Å². The number of hydrogen-bond acceptors (Lipinski definition) is 5. The molecule has 0 aromatic heterocycles. The van der Waals surface area contributed by atoms with E-state index in [0.29, 0.717) is 35.6 Å². The standard InChI is InChI=1S/C29H36F2N2O5/c1-19(12-20-9-10-22(30)15-26(20)31)17-32(27(34)21-13-24(36-5)16-25(14-21)37-6)18-23-8-7-11-33(23)28(35)38-29(2,3)4/h9-10,12-16,23H,7-8,11,17-18H2,1-6H3/b19-12+. The lowest BCUT2D eigenvalue weighted by Crippen LogP contribution is -2.47. The van der Waals surface area contributed by atoms with Gasteiger partial charge in [-0.15, -0.1) is 0 Å². The number of nitrogens with zero attached hydrogens (tertiary/aromatic N) is 2. The number of rotatable bonds is 8. The zero-order chi connectivity index (χ0) is 28.0. The predicted molar refractivity (Wildman–Crippen MR) is 141 cm³/mol. The summed E-state index contributed by atoms with van der Waals surface area (Å²) in [6, 6.07) is 8.02. The predicted octanol–water partition coefficient (Wildman–Crippen LogP) is 5.93. The molecule has 0 bridgehead atoms. The molecular formula is C29H36F2N2O5. The third-order valence-corrected chi connectivity index (χ3v) is 6.13. The number of carbonyl (C=O) groups excluding carboxylic acids is 2. The monoisotopic (exact) mass is 530 g/mol. The van der Waals surface area contributed by atoms with E-state index in [1.54, 1.807) is 41.0 Å². The molecular weight excluding hydrogens is 494 g/mol. The molecule has 1 fully saturated rings. The molecule has 1 saturated heterocycles. The van der Waals surface area contributed by atoms with Crippen LogP contribution in [0.15, 0.2) is 42.0 Å². The van der Waals surface area contributed by atoms with Gasteiger partial charge < -0.3 is 24.0 Å². The fraction of sp³-hybridized carbons (Fsp3) is 0.448. The number of methoxy groups -OCH3 is 2. The highest BCUT2D eigenvalue weighted by molar-refractivity contribution is 5.95. The molecule has 206 valence electrons. The number of likely N-dealkylation sites (tertiary alicyclic amines) is 1. The molecule has 1 unspecified atom stereocenters. The summed E-state index contributed by atoms with van der Waals surface area (Å²) in [6.07, 6.45) is 2.66. The largest absolute Gasteiger partial charge is 0.497 e. The molecule has 2 aromatic carbocycles. The minimum Gasteiger partial charge on any atom is -0.497 e. The Labute approximate surface area is 223 Å². The summed E-state index contributed by atoms with van der Waals surface area (Å²) < 4.78 is 43.9. The smallest absolute Gasteiger partial charge is 0.410 e. The van der Waals surface area contributed by atoms with Gasteiger partial charge in [-0.05, 0) is 64.8 Å². The molecule has 9 heteroatoms. The van der Waals surface area contributed by atoms with E-state index < -0.39 is 23.3 Å². The van der Waals surface area contributed by atoms with Crippen LogP contribution >= 0.6 is 0 Å². The van der Waals surface area contributed by atoms with Gasteiger partial charge in [0.15, 0.2) is 0 Å². The molecule has 7 nitrogen and oxygen atoms in total. The molecule has 2 aromatic rings. The fourth-order valence-corrected chi connectivity index (χ4v) is 4.40. The van der Waals surface area contributed by atoms with Gasteiger partial charge in [-0.2, -0.15) is 0 Å². The van der Waals surface area contributed by atoms with Gasteiger partial charge in [0.2, 0.25) is 0 Å². The van der Waals surface area contributed by atoms with E-state index in [0.717, 1.165) is 12.5 Å². The fourth-order valence-electron chi connectivity index (χ4n) is 4.40. The van der Waals surface area contributed by atoms with Crippen molar-refractivity contribution >= 4 is 18.1 Å². The number of carbonyl (C=O) groups is 2. The van der Waals surface area contributed by atoms with Crippen molar-refractivity contribution in [1.82, 2.24) is 9.80 Å². The van der Waals surface area contributed by atoms with E-state index in [4.69, 9.17) is 14.2 Å². The first-order valence-electron chi connectivity index (χ1n) is 12.5. The van der Waals surface area contributed by atoms with E-state index >= 15 is 0 Å². The Morgan fingerprint density at radius 3 is 2.32 bits per heavy atom. The van der Waals surface area contributed by atoms with E-state index in [2.05, 4.69) is 0 Å². The molecule has 0 radical (unpaired) electrons. The van der Waals surface area contributed by atoms with Gasteiger partial charge in [-0.3, -0.25) is 4.79 Å². The van der Waals surface area contributed by atoms with Crippen LogP contribution < -0.4 is 9.47 Å². The third-order valence-electron chi connectivity index (χ3n) is 6.13. The van der Waals surface area contributed by atoms with Crippen molar-refractivity contribution in [2.45, 2.75) is 52.2 Å². The van der Waals surface area contributed by atoms with Gasteiger partial charge in [0.25, 0.3) is 5.91 Å². The zero-order valence-electron chi connectivity index (χ0n) is 22.8. The Hall–Kier alpha value is -3.62. The highest BCUT2D eigenvalue weighted by Gasteiger charge is 2.34. The molecule has 0 aliphatic carbocycles. The summed E-state index contributed by atoms with van der Waals surface area (Å²) in [7, 11) is 3.00. The maximum Gasteiger partial charge on any atom is 0.410 e. The van der Waals surface area contributed by atoms with E-state index in [1.807, 2.05) is 20.8 Å². The quantitative estimate of drug-likeness (QED) is 0.423. The van der Waals surface area contributed by atoms with Gasteiger partial charge in [-0.1, -0.05) is 11.6 Å². The lowest BCUT2D eigenvalue weighted by molar-refractivity contribution is 0.0194. The topological polar surface area (TPSA) is 68.3 Å². The van der Waals surface area contributed by atoms with Crippen LogP contribution in [0.1, 0.15) is 56.5 Å². The molecule has 0 N–H and O–H groups in total. The second kappa shape index (κ2) is 12.3. The van der Waals surface area contributed by atoms with Crippen LogP contribution in [0.4, 0.5) is 13.6 Å². The first kappa shape index (κ1) is 28.9. The van der Waals surface area contributed by atoms with Gasteiger partial charge in [0.1, 0.15) is 28.7 Å². The van der Waals surface area contributed by atoms with Crippen molar-refractivity contribution in [1.29, 1.82) is 0 Å². The summed E-state index contributed by atoms with van der Waals surface area (Å²) in [4.78, 5) is 30.0. The molecule has 2 amide bonds. The second-order valence-electron chi connectivity index (χ2n) is 10.4. The lowest BCUT2D eigenvalue weighted by atomic mass is 10.1. The molecule has 0 saturated carbocycles. The average Bonchev–Trinajstić information content (AvgIpc) is 3.32. The zero-order valence-corrected chi connectivity index (χ0v) is 22.8. The maximum atomic E-state index is 14.3.